The Kier molecular flexibility index (Phi) is 9.48. The summed E-state index contributed by atoms with van der Waals surface area (Å²) in [5.74, 6) is -0.244. The number of benzene rings is 2. The molecule has 0 saturated heterocycles. The molecule has 0 saturated carbocycles. The number of nitrogens with zero attached hydrogens (tertiary/aromatic N) is 2. The molecule has 1 unspecified atom stereocenters. The van der Waals surface area contributed by atoms with Crippen molar-refractivity contribution in [2.45, 2.75) is 39.4 Å². The first-order valence-corrected chi connectivity index (χ1v) is 12.3. The SMILES string of the molecule is CCC(C)N(CC(=O)N(Cc1ccc(F)cc1)Cc1cccs1)C(=O)COc1ccc(Cl)cc1. The van der Waals surface area contributed by atoms with Gasteiger partial charge in [0.15, 0.2) is 6.61 Å². The first-order chi connectivity index (χ1) is 16.4. The molecule has 2 amide bonds. The van der Waals surface area contributed by atoms with E-state index in [0.717, 1.165) is 10.4 Å². The highest BCUT2D eigenvalue weighted by Gasteiger charge is 2.25. The zero-order valence-electron chi connectivity index (χ0n) is 19.2. The minimum absolute atomic E-state index is 0.0651. The molecule has 34 heavy (non-hydrogen) atoms. The molecule has 0 radical (unpaired) electrons. The Bertz CT molecular complexity index is 1060. The monoisotopic (exact) mass is 502 g/mol. The number of amides is 2. The van der Waals surface area contributed by atoms with Gasteiger partial charge in [-0.2, -0.15) is 0 Å². The lowest BCUT2D eigenvalue weighted by molar-refractivity contribution is -0.144. The van der Waals surface area contributed by atoms with E-state index >= 15 is 0 Å². The van der Waals surface area contributed by atoms with Gasteiger partial charge in [-0.15, -0.1) is 11.3 Å². The van der Waals surface area contributed by atoms with E-state index in [4.69, 9.17) is 16.3 Å². The van der Waals surface area contributed by atoms with Crippen molar-refractivity contribution in [3.05, 3.63) is 87.3 Å². The average molecular weight is 503 g/mol. The van der Waals surface area contributed by atoms with Crippen molar-refractivity contribution < 1.29 is 18.7 Å². The minimum Gasteiger partial charge on any atom is -0.484 e. The first kappa shape index (κ1) is 25.7. The summed E-state index contributed by atoms with van der Waals surface area (Å²) >= 11 is 7.46. The number of thiophene rings is 1. The molecule has 3 aromatic rings. The second kappa shape index (κ2) is 12.5. The third kappa shape index (κ3) is 7.57. The maximum Gasteiger partial charge on any atom is 0.261 e. The van der Waals surface area contributed by atoms with E-state index < -0.39 is 0 Å². The van der Waals surface area contributed by atoms with Crippen LogP contribution in [0, 0.1) is 5.82 Å². The fourth-order valence-corrected chi connectivity index (χ4v) is 4.19. The zero-order chi connectivity index (χ0) is 24.5. The average Bonchev–Trinajstić information content (AvgIpc) is 3.35. The van der Waals surface area contributed by atoms with Crippen LogP contribution in [-0.4, -0.2) is 40.8 Å². The molecule has 0 N–H and O–H groups in total. The summed E-state index contributed by atoms with van der Waals surface area (Å²) in [5, 5.41) is 2.54. The van der Waals surface area contributed by atoms with E-state index in [2.05, 4.69) is 0 Å². The molecule has 0 fully saturated rings. The number of ether oxygens (including phenoxy) is 1. The summed E-state index contributed by atoms with van der Waals surface area (Å²) in [4.78, 5) is 30.7. The van der Waals surface area contributed by atoms with Crippen LogP contribution in [0.3, 0.4) is 0 Å². The van der Waals surface area contributed by atoms with E-state index in [1.807, 2.05) is 31.4 Å². The molecule has 0 bridgehead atoms. The van der Waals surface area contributed by atoms with Gasteiger partial charge in [-0.05, 0) is 66.8 Å². The number of carbonyl (C=O) groups is 2. The summed E-state index contributed by atoms with van der Waals surface area (Å²) in [7, 11) is 0. The first-order valence-electron chi connectivity index (χ1n) is 11.1. The van der Waals surface area contributed by atoms with Crippen molar-refractivity contribution in [3.8, 4) is 5.75 Å². The topological polar surface area (TPSA) is 49.9 Å². The molecule has 1 heterocycles. The minimum atomic E-state index is -0.325. The number of rotatable bonds is 11. The number of hydrogen-bond acceptors (Lipinski definition) is 4. The molecule has 3 rings (SSSR count). The van der Waals surface area contributed by atoms with Crippen LogP contribution < -0.4 is 4.74 Å². The van der Waals surface area contributed by atoms with Crippen LogP contribution in [0.5, 0.6) is 5.75 Å². The van der Waals surface area contributed by atoms with Gasteiger partial charge in [-0.1, -0.05) is 36.7 Å². The van der Waals surface area contributed by atoms with Crippen LogP contribution in [-0.2, 0) is 22.7 Å². The number of carbonyl (C=O) groups excluding carboxylic acids is 2. The van der Waals surface area contributed by atoms with E-state index in [9.17, 15) is 14.0 Å². The Balaban J connectivity index is 1.71. The van der Waals surface area contributed by atoms with Crippen LogP contribution in [0.4, 0.5) is 4.39 Å². The Morgan fingerprint density at radius 1 is 1.03 bits per heavy atom. The van der Waals surface area contributed by atoms with E-state index in [1.165, 1.54) is 12.1 Å². The largest absolute Gasteiger partial charge is 0.484 e. The summed E-state index contributed by atoms with van der Waals surface area (Å²) in [6.07, 6.45) is 0.697. The Morgan fingerprint density at radius 3 is 2.35 bits per heavy atom. The lowest BCUT2D eigenvalue weighted by atomic mass is 10.2. The standard InChI is InChI=1S/C26H28ClFN2O3S/c1-3-19(2)30(26(32)18-33-23-12-8-21(27)9-13-23)17-25(31)29(16-24-5-4-14-34-24)15-20-6-10-22(28)11-7-20/h4-14,19H,3,15-18H2,1-2H3. The molecular formula is C26H28ClFN2O3S. The zero-order valence-corrected chi connectivity index (χ0v) is 20.8. The Labute approximate surface area is 208 Å². The molecule has 1 aromatic heterocycles. The summed E-state index contributed by atoms with van der Waals surface area (Å²) in [5.41, 5.74) is 0.818. The van der Waals surface area contributed by atoms with Crippen LogP contribution in [0.25, 0.3) is 0 Å². The predicted molar refractivity (Wildman–Crippen MR) is 133 cm³/mol. The van der Waals surface area contributed by atoms with Crippen LogP contribution in [0.1, 0.15) is 30.7 Å². The summed E-state index contributed by atoms with van der Waals surface area (Å²) < 4.78 is 19.0. The molecule has 0 spiro atoms. The Hall–Kier alpha value is -2.90. The van der Waals surface area contributed by atoms with Crippen molar-refractivity contribution in [1.29, 1.82) is 0 Å². The van der Waals surface area contributed by atoms with Crippen molar-refractivity contribution in [3.63, 3.8) is 0 Å². The van der Waals surface area contributed by atoms with Gasteiger partial charge in [0.25, 0.3) is 5.91 Å². The normalized spacial score (nSPS) is 11.6. The van der Waals surface area contributed by atoms with E-state index in [-0.39, 0.29) is 36.8 Å². The van der Waals surface area contributed by atoms with Gasteiger partial charge in [-0.25, -0.2) is 4.39 Å². The predicted octanol–water partition coefficient (Wildman–Crippen LogP) is 5.78. The molecule has 0 aliphatic carbocycles. The van der Waals surface area contributed by atoms with Gasteiger partial charge in [0.1, 0.15) is 18.1 Å². The van der Waals surface area contributed by atoms with E-state index in [1.54, 1.807) is 57.5 Å². The molecule has 0 aliphatic heterocycles. The highest BCUT2D eigenvalue weighted by atomic mass is 35.5. The van der Waals surface area contributed by atoms with Gasteiger partial charge in [-0.3, -0.25) is 9.59 Å². The third-order valence-corrected chi connectivity index (χ3v) is 6.60. The molecule has 180 valence electrons. The summed E-state index contributed by atoms with van der Waals surface area (Å²) in [6.45, 7) is 4.37. The Morgan fingerprint density at radius 2 is 1.74 bits per heavy atom. The van der Waals surface area contributed by atoms with Gasteiger partial charge < -0.3 is 14.5 Å². The lowest BCUT2D eigenvalue weighted by Gasteiger charge is -2.31. The highest BCUT2D eigenvalue weighted by Crippen LogP contribution is 2.18. The van der Waals surface area contributed by atoms with Crippen molar-refractivity contribution in [2.75, 3.05) is 13.2 Å². The fourth-order valence-electron chi connectivity index (χ4n) is 3.35. The second-order valence-corrected chi connectivity index (χ2v) is 9.45. The van der Waals surface area contributed by atoms with Crippen molar-refractivity contribution in [1.82, 2.24) is 9.80 Å². The quantitative estimate of drug-likeness (QED) is 0.334. The van der Waals surface area contributed by atoms with Gasteiger partial charge >= 0.3 is 0 Å². The van der Waals surface area contributed by atoms with E-state index in [0.29, 0.717) is 30.3 Å². The molecule has 0 aliphatic rings. The fraction of sp³-hybridized carbons (Fsp3) is 0.308. The van der Waals surface area contributed by atoms with Crippen molar-refractivity contribution in [2.24, 2.45) is 0 Å². The van der Waals surface area contributed by atoms with Crippen LogP contribution in [0.2, 0.25) is 5.02 Å². The van der Waals surface area contributed by atoms with Gasteiger partial charge in [0.05, 0.1) is 6.54 Å². The second-order valence-electron chi connectivity index (χ2n) is 7.98. The molecule has 8 heteroatoms. The van der Waals surface area contributed by atoms with Crippen molar-refractivity contribution >= 4 is 34.8 Å². The third-order valence-electron chi connectivity index (χ3n) is 5.49. The molecule has 5 nitrogen and oxygen atoms in total. The lowest BCUT2D eigenvalue weighted by Crippen LogP contribution is -2.47. The molecular weight excluding hydrogens is 475 g/mol. The van der Waals surface area contributed by atoms with Gasteiger partial charge in [0, 0.05) is 22.5 Å². The maximum absolute atomic E-state index is 13.4. The number of hydrogen-bond donors (Lipinski definition) is 0. The maximum atomic E-state index is 13.4. The smallest absolute Gasteiger partial charge is 0.261 e. The van der Waals surface area contributed by atoms with Gasteiger partial charge in [0.2, 0.25) is 5.91 Å². The number of halogens is 2. The highest BCUT2D eigenvalue weighted by molar-refractivity contribution is 7.09. The van der Waals surface area contributed by atoms with Crippen LogP contribution in [0.15, 0.2) is 66.0 Å². The molecule has 1 atom stereocenters. The van der Waals surface area contributed by atoms with Crippen LogP contribution >= 0.6 is 22.9 Å². The molecule has 2 aromatic carbocycles. The summed E-state index contributed by atoms with van der Waals surface area (Å²) in [6, 6.07) is 16.6.